The lowest BCUT2D eigenvalue weighted by atomic mass is 10.3. The van der Waals surface area contributed by atoms with Gasteiger partial charge in [-0.1, -0.05) is 18.2 Å². The average molecular weight is 270 g/mol. The van der Waals surface area contributed by atoms with Crippen LogP contribution in [0, 0.1) is 0 Å². The molecular formula is C17H22N2O. The van der Waals surface area contributed by atoms with Crippen LogP contribution in [0.15, 0.2) is 54.6 Å². The van der Waals surface area contributed by atoms with Gasteiger partial charge in [-0.05, 0) is 50.2 Å². The van der Waals surface area contributed by atoms with E-state index in [0.29, 0.717) is 0 Å². The third-order valence-electron chi connectivity index (χ3n) is 2.78. The summed E-state index contributed by atoms with van der Waals surface area (Å²) in [5.41, 5.74) is 2.26. The van der Waals surface area contributed by atoms with Crippen molar-refractivity contribution in [2.24, 2.45) is 0 Å². The molecule has 20 heavy (non-hydrogen) atoms. The minimum Gasteiger partial charge on any atom is -0.491 e. The normalized spacial score (nSPS) is 10.3. The summed E-state index contributed by atoms with van der Waals surface area (Å²) in [7, 11) is 0. The maximum absolute atomic E-state index is 5.61. The van der Waals surface area contributed by atoms with Gasteiger partial charge in [0.25, 0.3) is 0 Å². The van der Waals surface area contributed by atoms with Crippen molar-refractivity contribution in [2.45, 2.75) is 20.0 Å². The Morgan fingerprint density at radius 3 is 1.90 bits per heavy atom. The molecule has 0 saturated heterocycles. The molecule has 0 fully saturated rings. The fourth-order valence-corrected chi connectivity index (χ4v) is 1.89. The lowest BCUT2D eigenvalue weighted by Crippen LogP contribution is -2.13. The van der Waals surface area contributed by atoms with Crippen LogP contribution < -0.4 is 15.4 Å². The number of nitrogens with one attached hydrogen (secondary N) is 2. The Kier molecular flexibility index (Phi) is 5.30. The van der Waals surface area contributed by atoms with Crippen LogP contribution in [0.25, 0.3) is 0 Å². The Hall–Kier alpha value is -2.16. The van der Waals surface area contributed by atoms with E-state index in [0.717, 1.165) is 30.2 Å². The highest BCUT2D eigenvalue weighted by molar-refractivity contribution is 5.47. The largest absolute Gasteiger partial charge is 0.491 e. The summed E-state index contributed by atoms with van der Waals surface area (Å²) in [5.74, 6) is 0.910. The van der Waals surface area contributed by atoms with Crippen LogP contribution in [-0.4, -0.2) is 19.2 Å². The molecule has 2 aromatic rings. The maximum Gasteiger partial charge on any atom is 0.119 e. The van der Waals surface area contributed by atoms with Crippen molar-refractivity contribution in [3.05, 3.63) is 54.6 Å². The predicted octanol–water partition coefficient (Wildman–Crippen LogP) is 4.00. The van der Waals surface area contributed by atoms with Gasteiger partial charge in [0.05, 0.1) is 6.10 Å². The van der Waals surface area contributed by atoms with Gasteiger partial charge in [-0.25, -0.2) is 0 Å². The monoisotopic (exact) mass is 270 g/mol. The van der Waals surface area contributed by atoms with E-state index < -0.39 is 0 Å². The third kappa shape index (κ3) is 4.84. The highest BCUT2D eigenvalue weighted by Crippen LogP contribution is 2.16. The van der Waals surface area contributed by atoms with Gasteiger partial charge in [0.15, 0.2) is 0 Å². The van der Waals surface area contributed by atoms with Gasteiger partial charge in [-0.3, -0.25) is 0 Å². The van der Waals surface area contributed by atoms with Crippen molar-refractivity contribution < 1.29 is 4.74 Å². The first-order valence-electron chi connectivity index (χ1n) is 7.03. The zero-order valence-electron chi connectivity index (χ0n) is 12.1. The number of rotatable bonds is 7. The predicted molar refractivity (Wildman–Crippen MR) is 85.6 cm³/mol. The number of benzene rings is 2. The van der Waals surface area contributed by atoms with E-state index in [1.165, 1.54) is 0 Å². The SMILES string of the molecule is CC(C)Oc1ccc(NCCNc2ccccc2)cc1. The van der Waals surface area contributed by atoms with E-state index in [2.05, 4.69) is 22.8 Å². The van der Waals surface area contributed by atoms with Crippen molar-refractivity contribution in [3.63, 3.8) is 0 Å². The smallest absolute Gasteiger partial charge is 0.119 e. The number of hydrogen-bond acceptors (Lipinski definition) is 3. The number of hydrogen-bond donors (Lipinski definition) is 2. The summed E-state index contributed by atoms with van der Waals surface area (Å²) in [6.07, 6.45) is 0.212. The molecule has 2 N–H and O–H groups in total. The molecule has 0 atom stereocenters. The number of anilines is 2. The highest BCUT2D eigenvalue weighted by Gasteiger charge is 1.97. The second-order valence-corrected chi connectivity index (χ2v) is 4.91. The lowest BCUT2D eigenvalue weighted by molar-refractivity contribution is 0.242. The highest BCUT2D eigenvalue weighted by atomic mass is 16.5. The fourth-order valence-electron chi connectivity index (χ4n) is 1.89. The molecule has 0 radical (unpaired) electrons. The van der Waals surface area contributed by atoms with E-state index in [9.17, 15) is 0 Å². The molecule has 0 aromatic heterocycles. The van der Waals surface area contributed by atoms with Gasteiger partial charge in [0.1, 0.15) is 5.75 Å². The molecule has 0 bridgehead atoms. The first-order chi connectivity index (χ1) is 9.74. The van der Waals surface area contributed by atoms with Crippen LogP contribution in [0.1, 0.15) is 13.8 Å². The van der Waals surface area contributed by atoms with Gasteiger partial charge >= 0.3 is 0 Å². The summed E-state index contributed by atoms with van der Waals surface area (Å²) < 4.78 is 5.61. The second kappa shape index (κ2) is 7.43. The standard InChI is InChI=1S/C17H22N2O/c1-14(2)20-17-10-8-16(9-11-17)19-13-12-18-15-6-4-3-5-7-15/h3-11,14,18-19H,12-13H2,1-2H3. The van der Waals surface area contributed by atoms with E-state index in [4.69, 9.17) is 4.74 Å². The molecule has 0 amide bonds. The zero-order chi connectivity index (χ0) is 14.2. The maximum atomic E-state index is 5.61. The first kappa shape index (κ1) is 14.3. The molecular weight excluding hydrogens is 248 g/mol. The van der Waals surface area contributed by atoms with Crippen LogP contribution in [-0.2, 0) is 0 Å². The van der Waals surface area contributed by atoms with E-state index in [1.807, 2.05) is 56.3 Å². The molecule has 0 aliphatic heterocycles. The molecule has 0 unspecified atom stereocenters. The molecule has 0 saturated carbocycles. The van der Waals surface area contributed by atoms with E-state index in [-0.39, 0.29) is 6.10 Å². The fraction of sp³-hybridized carbons (Fsp3) is 0.294. The quantitative estimate of drug-likeness (QED) is 0.746. The molecule has 0 aliphatic carbocycles. The molecule has 0 spiro atoms. The van der Waals surface area contributed by atoms with Crippen molar-refractivity contribution in [3.8, 4) is 5.75 Å². The van der Waals surface area contributed by atoms with E-state index >= 15 is 0 Å². The lowest BCUT2D eigenvalue weighted by Gasteiger charge is -2.11. The van der Waals surface area contributed by atoms with Crippen LogP contribution in [0.3, 0.4) is 0 Å². The van der Waals surface area contributed by atoms with Gasteiger partial charge in [-0.15, -0.1) is 0 Å². The summed E-state index contributed by atoms with van der Waals surface area (Å²) in [4.78, 5) is 0. The second-order valence-electron chi connectivity index (χ2n) is 4.91. The first-order valence-corrected chi connectivity index (χ1v) is 7.03. The van der Waals surface area contributed by atoms with E-state index in [1.54, 1.807) is 0 Å². The summed E-state index contributed by atoms with van der Waals surface area (Å²) in [6.45, 7) is 5.82. The summed E-state index contributed by atoms with van der Waals surface area (Å²) >= 11 is 0. The Morgan fingerprint density at radius 2 is 1.35 bits per heavy atom. The molecule has 0 heterocycles. The number of ether oxygens (including phenoxy) is 1. The average Bonchev–Trinajstić information content (AvgIpc) is 2.46. The van der Waals surface area contributed by atoms with Crippen LogP contribution in [0.4, 0.5) is 11.4 Å². The Balaban J connectivity index is 1.71. The van der Waals surface area contributed by atoms with Crippen molar-refractivity contribution in [2.75, 3.05) is 23.7 Å². The van der Waals surface area contributed by atoms with Crippen molar-refractivity contribution >= 4 is 11.4 Å². The van der Waals surface area contributed by atoms with Crippen molar-refractivity contribution in [1.29, 1.82) is 0 Å². The zero-order valence-corrected chi connectivity index (χ0v) is 12.1. The summed E-state index contributed by atoms with van der Waals surface area (Å²) in [5, 5.41) is 6.74. The molecule has 2 rings (SSSR count). The molecule has 106 valence electrons. The Bertz CT molecular complexity index is 494. The van der Waals surface area contributed by atoms with Gasteiger partial charge in [0.2, 0.25) is 0 Å². The number of para-hydroxylation sites is 1. The topological polar surface area (TPSA) is 33.3 Å². The molecule has 0 aliphatic rings. The summed E-state index contributed by atoms with van der Waals surface area (Å²) in [6, 6.07) is 18.3. The Labute approximate surface area is 121 Å². The third-order valence-corrected chi connectivity index (χ3v) is 2.78. The van der Waals surface area contributed by atoms with Gasteiger partial charge in [-0.2, -0.15) is 0 Å². The van der Waals surface area contributed by atoms with Crippen LogP contribution in [0.5, 0.6) is 5.75 Å². The van der Waals surface area contributed by atoms with Crippen molar-refractivity contribution in [1.82, 2.24) is 0 Å². The molecule has 3 heteroatoms. The van der Waals surface area contributed by atoms with Gasteiger partial charge < -0.3 is 15.4 Å². The minimum absolute atomic E-state index is 0.212. The molecule has 3 nitrogen and oxygen atoms in total. The van der Waals surface area contributed by atoms with Crippen LogP contribution >= 0.6 is 0 Å². The minimum atomic E-state index is 0.212. The van der Waals surface area contributed by atoms with Crippen LogP contribution in [0.2, 0.25) is 0 Å². The van der Waals surface area contributed by atoms with Gasteiger partial charge in [0, 0.05) is 24.5 Å². The Morgan fingerprint density at radius 1 is 0.800 bits per heavy atom. The molecule has 2 aromatic carbocycles.